The molecule has 0 spiro atoms. The molecule has 0 bridgehead atoms. The summed E-state index contributed by atoms with van der Waals surface area (Å²) in [7, 11) is 1.63. The predicted octanol–water partition coefficient (Wildman–Crippen LogP) is 5.03. The second kappa shape index (κ2) is 7.96. The molecule has 30 heavy (non-hydrogen) atoms. The molecular formula is C25H39NO4. The van der Waals surface area contributed by atoms with E-state index in [0.29, 0.717) is 18.4 Å². The highest BCUT2D eigenvalue weighted by Crippen LogP contribution is 2.67. The minimum atomic E-state index is -0.660. The van der Waals surface area contributed by atoms with Crippen LogP contribution >= 0.6 is 0 Å². The highest BCUT2D eigenvalue weighted by Gasteiger charge is 2.65. The van der Waals surface area contributed by atoms with Crippen molar-refractivity contribution in [1.82, 2.24) is 0 Å². The summed E-state index contributed by atoms with van der Waals surface area (Å²) in [6.07, 6.45) is 12.1. The van der Waals surface area contributed by atoms with Gasteiger partial charge in [0.1, 0.15) is 13.7 Å². The van der Waals surface area contributed by atoms with Gasteiger partial charge in [-0.2, -0.15) is 0 Å². The van der Waals surface area contributed by atoms with Gasteiger partial charge in [-0.25, -0.2) is 4.79 Å². The fraction of sp³-hybridized carbons (Fsp3) is 0.840. The number of ether oxygens (including phenoxy) is 1. The number of fused-ring (bicyclic) bond motifs is 1. The summed E-state index contributed by atoms with van der Waals surface area (Å²) >= 11 is 0. The zero-order chi connectivity index (χ0) is 21.6. The third-order valence-electron chi connectivity index (χ3n) is 9.46. The van der Waals surface area contributed by atoms with Crippen LogP contribution < -0.4 is 0 Å². The van der Waals surface area contributed by atoms with E-state index in [1.807, 2.05) is 0 Å². The zero-order valence-electron chi connectivity index (χ0n) is 19.2. The van der Waals surface area contributed by atoms with Crippen molar-refractivity contribution >= 4 is 11.7 Å². The molecule has 0 aromatic heterocycles. The van der Waals surface area contributed by atoms with Crippen LogP contribution in [0.4, 0.5) is 0 Å². The van der Waals surface area contributed by atoms with Crippen molar-refractivity contribution in [2.24, 2.45) is 33.7 Å². The number of hydrogen-bond donors (Lipinski definition) is 1. The molecule has 168 valence electrons. The van der Waals surface area contributed by atoms with Crippen molar-refractivity contribution in [2.75, 3.05) is 13.7 Å². The SMILES string of the molecule is CCCC1C(C2(C)CCC(=NOC)CC2)CC[C@]2(C)[C@@H](C3=CC(=O)OC3)CC[C@]12O. The van der Waals surface area contributed by atoms with Crippen LogP contribution in [0.15, 0.2) is 16.8 Å². The first-order valence-corrected chi connectivity index (χ1v) is 12.0. The summed E-state index contributed by atoms with van der Waals surface area (Å²) in [6, 6.07) is 0. The molecule has 2 unspecified atom stereocenters. The number of carbonyl (C=O) groups excluding carboxylic acids is 1. The molecule has 0 saturated heterocycles. The van der Waals surface area contributed by atoms with Crippen molar-refractivity contribution in [3.63, 3.8) is 0 Å². The largest absolute Gasteiger partial charge is 0.458 e. The van der Waals surface area contributed by atoms with Gasteiger partial charge in [0.2, 0.25) is 0 Å². The standard InChI is InChI=1S/C25H39NO4/c1-5-6-21-20(23(2)11-7-18(8-12-23)26-29-4)9-13-24(3)19(10-14-25(21,24)28)17-15-22(27)30-16-17/h15,19-21,28H,5-14,16H2,1-4H3/t19-,20?,21?,23?,24-,25+/m1/s1. The lowest BCUT2D eigenvalue weighted by atomic mass is 9.48. The summed E-state index contributed by atoms with van der Waals surface area (Å²) < 4.78 is 5.24. The molecule has 3 aliphatic carbocycles. The molecule has 1 aliphatic heterocycles. The Balaban J connectivity index is 1.61. The molecule has 3 saturated carbocycles. The maximum atomic E-state index is 12.3. The van der Waals surface area contributed by atoms with E-state index in [2.05, 4.69) is 25.9 Å². The quantitative estimate of drug-likeness (QED) is 0.503. The second-order valence-electron chi connectivity index (χ2n) is 10.8. The molecule has 5 heteroatoms. The average molecular weight is 418 g/mol. The average Bonchev–Trinajstić information content (AvgIpc) is 3.25. The lowest BCUT2D eigenvalue weighted by Gasteiger charge is -2.59. The van der Waals surface area contributed by atoms with Gasteiger partial charge < -0.3 is 14.7 Å². The number of cyclic esters (lactones) is 1. The van der Waals surface area contributed by atoms with E-state index in [0.717, 1.165) is 69.8 Å². The summed E-state index contributed by atoms with van der Waals surface area (Å²) in [4.78, 5) is 16.7. The number of aliphatic hydroxyl groups is 1. The Labute approximate surface area is 181 Å². The number of carbonyl (C=O) groups is 1. The van der Waals surface area contributed by atoms with Crippen LogP contribution in [0.3, 0.4) is 0 Å². The molecule has 3 fully saturated rings. The summed E-state index contributed by atoms with van der Waals surface area (Å²) in [5.74, 6) is 0.893. The van der Waals surface area contributed by atoms with E-state index < -0.39 is 5.60 Å². The molecular weight excluding hydrogens is 378 g/mol. The first kappa shape index (κ1) is 21.9. The maximum absolute atomic E-state index is 12.3. The van der Waals surface area contributed by atoms with Gasteiger partial charge in [-0.1, -0.05) is 32.3 Å². The van der Waals surface area contributed by atoms with Crippen LogP contribution in [0.25, 0.3) is 0 Å². The lowest BCUT2D eigenvalue weighted by Crippen LogP contribution is -2.59. The third kappa shape index (κ3) is 3.32. The Morgan fingerprint density at radius 2 is 1.93 bits per heavy atom. The number of esters is 1. The van der Waals surface area contributed by atoms with Crippen LogP contribution in [0.1, 0.15) is 85.0 Å². The predicted molar refractivity (Wildman–Crippen MR) is 117 cm³/mol. The highest BCUT2D eigenvalue weighted by molar-refractivity contribution is 5.85. The molecule has 4 rings (SSSR count). The monoisotopic (exact) mass is 417 g/mol. The molecule has 1 heterocycles. The number of nitrogens with zero attached hydrogens (tertiary/aromatic N) is 1. The normalized spacial score (nSPS) is 43.8. The minimum Gasteiger partial charge on any atom is -0.458 e. The molecule has 4 aliphatic rings. The fourth-order valence-corrected chi connectivity index (χ4v) is 7.73. The summed E-state index contributed by atoms with van der Waals surface area (Å²) in [5, 5.41) is 16.5. The topological polar surface area (TPSA) is 68.1 Å². The lowest BCUT2D eigenvalue weighted by molar-refractivity contribution is -0.178. The molecule has 5 atom stereocenters. The van der Waals surface area contributed by atoms with Gasteiger partial charge in [0, 0.05) is 11.5 Å². The Kier molecular flexibility index (Phi) is 5.80. The smallest absolute Gasteiger partial charge is 0.331 e. The van der Waals surface area contributed by atoms with Crippen LogP contribution in [0.2, 0.25) is 0 Å². The number of rotatable bonds is 5. The Morgan fingerprint density at radius 3 is 2.53 bits per heavy atom. The van der Waals surface area contributed by atoms with E-state index in [-0.39, 0.29) is 22.7 Å². The minimum absolute atomic E-state index is 0.170. The van der Waals surface area contributed by atoms with Gasteiger partial charge in [-0.05, 0) is 86.5 Å². The van der Waals surface area contributed by atoms with E-state index >= 15 is 0 Å². The second-order valence-corrected chi connectivity index (χ2v) is 10.8. The van der Waals surface area contributed by atoms with Crippen LogP contribution in [0, 0.1) is 28.6 Å². The van der Waals surface area contributed by atoms with Gasteiger partial charge in [-0.15, -0.1) is 0 Å². The van der Waals surface area contributed by atoms with Gasteiger partial charge in [-0.3, -0.25) is 0 Å². The molecule has 0 radical (unpaired) electrons. The highest BCUT2D eigenvalue weighted by atomic mass is 16.6. The Bertz CT molecular complexity index is 733. The van der Waals surface area contributed by atoms with Gasteiger partial charge in [0.15, 0.2) is 0 Å². The van der Waals surface area contributed by atoms with Gasteiger partial charge >= 0.3 is 5.97 Å². The molecule has 1 N–H and O–H groups in total. The molecule has 0 amide bonds. The van der Waals surface area contributed by atoms with Gasteiger partial charge in [0.05, 0.1) is 11.3 Å². The maximum Gasteiger partial charge on any atom is 0.331 e. The van der Waals surface area contributed by atoms with E-state index in [9.17, 15) is 9.90 Å². The van der Waals surface area contributed by atoms with Gasteiger partial charge in [0.25, 0.3) is 0 Å². The van der Waals surface area contributed by atoms with E-state index in [1.54, 1.807) is 13.2 Å². The molecule has 0 aromatic carbocycles. The summed E-state index contributed by atoms with van der Waals surface area (Å²) in [5.41, 5.74) is 1.70. The van der Waals surface area contributed by atoms with Crippen LogP contribution in [0.5, 0.6) is 0 Å². The van der Waals surface area contributed by atoms with E-state index in [1.165, 1.54) is 5.71 Å². The number of hydrogen-bond acceptors (Lipinski definition) is 5. The van der Waals surface area contributed by atoms with E-state index in [4.69, 9.17) is 9.57 Å². The fourth-order valence-electron chi connectivity index (χ4n) is 7.73. The van der Waals surface area contributed by atoms with Crippen molar-refractivity contribution in [1.29, 1.82) is 0 Å². The number of oxime groups is 1. The third-order valence-corrected chi connectivity index (χ3v) is 9.46. The molecule has 5 nitrogen and oxygen atoms in total. The zero-order valence-corrected chi connectivity index (χ0v) is 19.2. The Hall–Kier alpha value is -1.36. The van der Waals surface area contributed by atoms with Crippen LogP contribution in [-0.4, -0.2) is 36.1 Å². The first-order valence-electron chi connectivity index (χ1n) is 12.0. The molecule has 0 aromatic rings. The van der Waals surface area contributed by atoms with Crippen molar-refractivity contribution in [3.05, 3.63) is 11.6 Å². The van der Waals surface area contributed by atoms with Crippen molar-refractivity contribution in [2.45, 2.75) is 90.6 Å². The van der Waals surface area contributed by atoms with Crippen molar-refractivity contribution in [3.8, 4) is 0 Å². The first-order chi connectivity index (χ1) is 14.3. The van der Waals surface area contributed by atoms with Crippen LogP contribution in [-0.2, 0) is 14.4 Å². The van der Waals surface area contributed by atoms with Crippen molar-refractivity contribution < 1.29 is 19.5 Å². The Morgan fingerprint density at radius 1 is 1.20 bits per heavy atom. The summed E-state index contributed by atoms with van der Waals surface area (Å²) in [6.45, 7) is 7.40.